The Morgan fingerprint density at radius 1 is 1.64 bits per heavy atom. The standard InChI is InChI=1S/C8H10N2O/c1-3-7(2)8(11)10-5-4-9-6-10/h3-6H,1-2H3/b7-3+. The average molecular weight is 150 g/mol. The maximum atomic E-state index is 11.3. The third-order valence-corrected chi connectivity index (χ3v) is 1.51. The van der Waals surface area contributed by atoms with Gasteiger partial charge in [-0.25, -0.2) is 4.98 Å². The Bertz CT molecular complexity index is 272. The van der Waals surface area contributed by atoms with E-state index >= 15 is 0 Å². The van der Waals surface area contributed by atoms with E-state index in [0.29, 0.717) is 0 Å². The van der Waals surface area contributed by atoms with Gasteiger partial charge in [-0.05, 0) is 13.8 Å². The zero-order chi connectivity index (χ0) is 8.27. The summed E-state index contributed by atoms with van der Waals surface area (Å²) in [6.45, 7) is 3.62. The first kappa shape index (κ1) is 7.72. The molecule has 0 spiro atoms. The van der Waals surface area contributed by atoms with Crippen LogP contribution in [0.25, 0.3) is 0 Å². The average Bonchev–Trinajstić information content (AvgIpc) is 2.53. The van der Waals surface area contributed by atoms with Crippen LogP contribution < -0.4 is 0 Å². The second kappa shape index (κ2) is 3.14. The van der Waals surface area contributed by atoms with Gasteiger partial charge >= 0.3 is 0 Å². The van der Waals surface area contributed by atoms with Crippen LogP contribution in [0.5, 0.6) is 0 Å². The van der Waals surface area contributed by atoms with Crippen molar-refractivity contribution in [2.45, 2.75) is 13.8 Å². The predicted octanol–water partition coefficient (Wildman–Crippen LogP) is 1.49. The van der Waals surface area contributed by atoms with Crippen LogP contribution in [0, 0.1) is 0 Å². The van der Waals surface area contributed by atoms with Crippen LogP contribution in [0.4, 0.5) is 0 Å². The van der Waals surface area contributed by atoms with Gasteiger partial charge in [0.25, 0.3) is 5.91 Å². The van der Waals surface area contributed by atoms with Gasteiger partial charge in [0.15, 0.2) is 0 Å². The van der Waals surface area contributed by atoms with E-state index in [0.717, 1.165) is 5.57 Å². The highest BCUT2D eigenvalue weighted by Gasteiger charge is 2.03. The summed E-state index contributed by atoms with van der Waals surface area (Å²) in [5.41, 5.74) is 0.725. The number of carbonyl (C=O) groups is 1. The van der Waals surface area contributed by atoms with Crippen LogP contribution in [0.1, 0.15) is 18.6 Å². The van der Waals surface area contributed by atoms with E-state index in [1.807, 2.05) is 6.92 Å². The SMILES string of the molecule is C/C=C(\C)C(=O)n1ccnc1. The molecular formula is C8H10N2O. The van der Waals surface area contributed by atoms with Crippen molar-refractivity contribution in [2.24, 2.45) is 0 Å². The molecule has 3 nitrogen and oxygen atoms in total. The Kier molecular flexibility index (Phi) is 2.21. The van der Waals surface area contributed by atoms with Gasteiger partial charge in [-0.15, -0.1) is 0 Å². The first-order valence-corrected chi connectivity index (χ1v) is 3.41. The maximum absolute atomic E-state index is 11.3. The number of aromatic nitrogens is 2. The first-order valence-electron chi connectivity index (χ1n) is 3.41. The smallest absolute Gasteiger partial charge is 0.258 e. The lowest BCUT2D eigenvalue weighted by atomic mass is 10.3. The van der Waals surface area contributed by atoms with Crippen molar-refractivity contribution < 1.29 is 4.79 Å². The lowest BCUT2D eigenvalue weighted by molar-refractivity contribution is 0.0955. The predicted molar refractivity (Wildman–Crippen MR) is 42.3 cm³/mol. The van der Waals surface area contributed by atoms with Crippen molar-refractivity contribution in [3.63, 3.8) is 0 Å². The highest BCUT2D eigenvalue weighted by molar-refractivity contribution is 5.94. The molecule has 0 radical (unpaired) electrons. The third-order valence-electron chi connectivity index (χ3n) is 1.51. The number of carbonyl (C=O) groups excluding carboxylic acids is 1. The summed E-state index contributed by atoms with van der Waals surface area (Å²) in [6.07, 6.45) is 6.49. The van der Waals surface area contributed by atoms with Crippen LogP contribution in [-0.2, 0) is 0 Å². The molecule has 11 heavy (non-hydrogen) atoms. The minimum atomic E-state index is -0.0231. The molecule has 1 rings (SSSR count). The third kappa shape index (κ3) is 1.55. The van der Waals surface area contributed by atoms with E-state index in [2.05, 4.69) is 4.98 Å². The van der Waals surface area contributed by atoms with Crippen molar-refractivity contribution in [2.75, 3.05) is 0 Å². The Balaban J connectivity index is 2.87. The Morgan fingerprint density at radius 2 is 2.36 bits per heavy atom. The molecule has 0 aromatic carbocycles. The molecule has 58 valence electrons. The monoisotopic (exact) mass is 150 g/mol. The minimum absolute atomic E-state index is 0.0231. The Morgan fingerprint density at radius 3 is 2.82 bits per heavy atom. The van der Waals surface area contributed by atoms with Crippen molar-refractivity contribution in [1.82, 2.24) is 9.55 Å². The number of hydrogen-bond acceptors (Lipinski definition) is 2. The second-order valence-corrected chi connectivity index (χ2v) is 2.25. The highest BCUT2D eigenvalue weighted by Crippen LogP contribution is 1.97. The second-order valence-electron chi connectivity index (χ2n) is 2.25. The summed E-state index contributed by atoms with van der Waals surface area (Å²) < 4.78 is 1.45. The summed E-state index contributed by atoms with van der Waals surface area (Å²) in [6, 6.07) is 0. The Hall–Kier alpha value is -1.38. The molecule has 0 atom stereocenters. The quantitative estimate of drug-likeness (QED) is 0.568. The fraction of sp³-hybridized carbons (Fsp3) is 0.250. The molecule has 0 aliphatic heterocycles. The van der Waals surface area contributed by atoms with Gasteiger partial charge in [0.1, 0.15) is 6.33 Å². The van der Waals surface area contributed by atoms with Crippen LogP contribution in [0.3, 0.4) is 0 Å². The molecule has 0 saturated carbocycles. The van der Waals surface area contributed by atoms with Crippen LogP contribution >= 0.6 is 0 Å². The normalized spacial score (nSPS) is 11.6. The molecule has 0 amide bonds. The van der Waals surface area contributed by atoms with E-state index in [-0.39, 0.29) is 5.91 Å². The first-order chi connectivity index (χ1) is 5.25. The van der Waals surface area contributed by atoms with Gasteiger partial charge in [0, 0.05) is 18.0 Å². The lowest BCUT2D eigenvalue weighted by Gasteiger charge is -1.98. The van der Waals surface area contributed by atoms with Gasteiger partial charge in [0.2, 0.25) is 0 Å². The van der Waals surface area contributed by atoms with E-state index < -0.39 is 0 Å². The molecule has 0 fully saturated rings. The van der Waals surface area contributed by atoms with Crippen molar-refractivity contribution in [1.29, 1.82) is 0 Å². The number of hydrogen-bond donors (Lipinski definition) is 0. The van der Waals surface area contributed by atoms with Gasteiger partial charge < -0.3 is 0 Å². The van der Waals surface area contributed by atoms with Crippen molar-refractivity contribution in [3.8, 4) is 0 Å². The topological polar surface area (TPSA) is 34.9 Å². The fourth-order valence-corrected chi connectivity index (χ4v) is 0.706. The molecule has 0 bridgehead atoms. The Labute approximate surface area is 65.4 Å². The highest BCUT2D eigenvalue weighted by atomic mass is 16.2. The number of nitrogens with zero attached hydrogens (tertiary/aromatic N) is 2. The number of imidazole rings is 1. The van der Waals surface area contributed by atoms with Gasteiger partial charge in [-0.1, -0.05) is 6.08 Å². The fourth-order valence-electron chi connectivity index (χ4n) is 0.706. The van der Waals surface area contributed by atoms with Crippen LogP contribution in [0.2, 0.25) is 0 Å². The van der Waals surface area contributed by atoms with Crippen LogP contribution in [-0.4, -0.2) is 15.5 Å². The van der Waals surface area contributed by atoms with Crippen molar-refractivity contribution >= 4 is 5.91 Å². The summed E-state index contributed by atoms with van der Waals surface area (Å²) >= 11 is 0. The molecule has 0 aliphatic carbocycles. The van der Waals surface area contributed by atoms with Crippen LogP contribution in [0.15, 0.2) is 30.4 Å². The molecule has 1 heterocycles. The zero-order valence-corrected chi connectivity index (χ0v) is 6.61. The van der Waals surface area contributed by atoms with Gasteiger partial charge in [0.05, 0.1) is 0 Å². The van der Waals surface area contributed by atoms with E-state index in [1.165, 1.54) is 10.9 Å². The molecule has 1 aromatic rings. The minimum Gasteiger partial charge on any atom is -0.273 e. The summed E-state index contributed by atoms with van der Waals surface area (Å²) in [7, 11) is 0. The van der Waals surface area contributed by atoms with E-state index in [9.17, 15) is 4.79 Å². The zero-order valence-electron chi connectivity index (χ0n) is 6.61. The number of rotatable bonds is 1. The number of allylic oxidation sites excluding steroid dienone is 2. The lowest BCUT2D eigenvalue weighted by Crippen LogP contribution is -2.08. The molecule has 0 aliphatic rings. The summed E-state index contributed by atoms with van der Waals surface area (Å²) in [5.74, 6) is -0.0231. The molecule has 1 aromatic heterocycles. The molecule has 0 unspecified atom stereocenters. The maximum Gasteiger partial charge on any atom is 0.258 e. The van der Waals surface area contributed by atoms with E-state index in [1.54, 1.807) is 25.4 Å². The molecule has 3 heteroatoms. The van der Waals surface area contributed by atoms with Crippen molar-refractivity contribution in [3.05, 3.63) is 30.4 Å². The largest absolute Gasteiger partial charge is 0.273 e. The van der Waals surface area contributed by atoms with E-state index in [4.69, 9.17) is 0 Å². The molecular weight excluding hydrogens is 140 g/mol. The summed E-state index contributed by atoms with van der Waals surface area (Å²) in [4.78, 5) is 15.1. The van der Waals surface area contributed by atoms with Gasteiger partial charge in [-0.2, -0.15) is 0 Å². The van der Waals surface area contributed by atoms with Gasteiger partial charge in [-0.3, -0.25) is 9.36 Å². The molecule has 0 saturated heterocycles. The molecule has 0 N–H and O–H groups in total. The summed E-state index contributed by atoms with van der Waals surface area (Å²) in [5, 5.41) is 0.